The Kier molecular flexibility index (Phi) is 4.67. The summed E-state index contributed by atoms with van der Waals surface area (Å²) in [4.78, 5) is 28.7. The fraction of sp³-hybridized carbons (Fsp3) is 0.176. The number of carbonyl (C=O) groups excluding carboxylic acids is 2. The highest BCUT2D eigenvalue weighted by Gasteiger charge is 2.34. The van der Waals surface area contributed by atoms with Crippen LogP contribution in [0.2, 0.25) is 0 Å². The molecule has 2 aromatic heterocycles. The second-order valence-corrected chi connectivity index (χ2v) is 5.91. The Morgan fingerprint density at radius 1 is 1.32 bits per heavy atom. The van der Waals surface area contributed by atoms with E-state index < -0.39 is 23.5 Å². The first kappa shape index (κ1) is 19.1. The van der Waals surface area contributed by atoms with E-state index in [0.717, 1.165) is 12.1 Å². The number of carbonyl (C=O) groups is 2. The number of aromatic nitrogens is 3. The summed E-state index contributed by atoms with van der Waals surface area (Å²) in [5, 5.41) is 16.3. The summed E-state index contributed by atoms with van der Waals surface area (Å²) in [7, 11) is 1.69. The first-order valence-electron chi connectivity index (χ1n) is 7.87. The molecule has 3 amide bonds. The highest BCUT2D eigenvalue weighted by atomic mass is 19.4. The molecule has 0 saturated carbocycles. The number of nitrogens with zero attached hydrogens (tertiary/aromatic N) is 4. The molecule has 2 heterocycles. The number of hydrogen-bond donors (Lipinski definition) is 2. The number of rotatable bonds is 3. The lowest BCUT2D eigenvalue weighted by atomic mass is 10.1. The summed E-state index contributed by atoms with van der Waals surface area (Å²) >= 11 is 0. The molecule has 1 aromatic carbocycles. The summed E-state index contributed by atoms with van der Waals surface area (Å²) in [6.45, 7) is 1.73. The van der Waals surface area contributed by atoms with E-state index in [9.17, 15) is 27.9 Å². The van der Waals surface area contributed by atoms with Crippen molar-refractivity contribution in [1.82, 2.24) is 14.8 Å². The summed E-state index contributed by atoms with van der Waals surface area (Å²) < 4.78 is 40.2. The van der Waals surface area contributed by atoms with Crippen molar-refractivity contribution in [1.29, 1.82) is 0 Å². The summed E-state index contributed by atoms with van der Waals surface area (Å²) in [6, 6.07) is 2.99. The third kappa shape index (κ3) is 3.46. The van der Waals surface area contributed by atoms with Crippen molar-refractivity contribution in [3.8, 4) is 5.75 Å². The Balaban J connectivity index is 1.91. The minimum Gasteiger partial charge on any atom is -0.507 e. The molecule has 3 aromatic rings. The van der Waals surface area contributed by atoms with Crippen molar-refractivity contribution in [2.24, 2.45) is 7.05 Å². The lowest BCUT2D eigenvalue weighted by Gasteiger charge is -2.17. The summed E-state index contributed by atoms with van der Waals surface area (Å²) in [5.41, 5.74) is -0.260. The average Bonchev–Trinajstić information content (AvgIpc) is 2.90. The number of imide groups is 1. The lowest BCUT2D eigenvalue weighted by Crippen LogP contribution is -2.33. The van der Waals surface area contributed by atoms with Gasteiger partial charge in [0.05, 0.1) is 23.1 Å². The topological polar surface area (TPSA) is 100 Å². The van der Waals surface area contributed by atoms with Crippen LogP contribution in [0.3, 0.4) is 0 Å². The molecule has 0 radical (unpaired) electrons. The molecular formula is C17H14F3N5O3. The van der Waals surface area contributed by atoms with Crippen molar-refractivity contribution >= 4 is 34.8 Å². The van der Waals surface area contributed by atoms with Crippen LogP contribution < -0.4 is 10.2 Å². The van der Waals surface area contributed by atoms with E-state index >= 15 is 0 Å². The quantitative estimate of drug-likeness (QED) is 0.526. The van der Waals surface area contributed by atoms with E-state index in [-0.39, 0.29) is 17.8 Å². The molecule has 0 atom stereocenters. The normalized spacial score (nSPS) is 11.5. The largest absolute Gasteiger partial charge is 0.507 e. The number of fused-ring (bicyclic) bond motifs is 1. The van der Waals surface area contributed by atoms with Crippen molar-refractivity contribution in [3.63, 3.8) is 0 Å². The average molecular weight is 393 g/mol. The number of alkyl halides is 3. The van der Waals surface area contributed by atoms with Gasteiger partial charge in [-0.25, -0.2) is 14.7 Å². The smallest absolute Gasteiger partial charge is 0.420 e. The van der Waals surface area contributed by atoms with E-state index in [1.54, 1.807) is 14.0 Å². The molecule has 0 unspecified atom stereocenters. The van der Waals surface area contributed by atoms with Gasteiger partial charge in [-0.2, -0.15) is 18.3 Å². The molecule has 0 aliphatic heterocycles. The number of halogens is 3. The molecule has 0 aliphatic rings. The first-order valence-corrected chi connectivity index (χ1v) is 7.87. The van der Waals surface area contributed by atoms with Gasteiger partial charge in [0.2, 0.25) is 6.41 Å². The Morgan fingerprint density at radius 3 is 2.68 bits per heavy atom. The monoisotopic (exact) mass is 393 g/mol. The zero-order chi connectivity index (χ0) is 20.6. The molecule has 3 rings (SSSR count). The predicted octanol–water partition coefficient (Wildman–Crippen LogP) is 3.20. The van der Waals surface area contributed by atoms with Gasteiger partial charge in [0.15, 0.2) is 5.65 Å². The minimum atomic E-state index is -4.80. The number of aromatic hydroxyl groups is 1. The third-order valence-corrected chi connectivity index (χ3v) is 4.00. The van der Waals surface area contributed by atoms with Crippen LogP contribution >= 0.6 is 0 Å². The fourth-order valence-corrected chi connectivity index (χ4v) is 2.68. The number of urea groups is 1. The highest BCUT2D eigenvalue weighted by molar-refractivity contribution is 6.12. The van der Waals surface area contributed by atoms with Crippen molar-refractivity contribution in [3.05, 3.63) is 41.7 Å². The van der Waals surface area contributed by atoms with Gasteiger partial charge in [-0.15, -0.1) is 0 Å². The zero-order valence-corrected chi connectivity index (χ0v) is 14.7. The van der Waals surface area contributed by atoms with E-state index in [4.69, 9.17) is 0 Å². The highest BCUT2D eigenvalue weighted by Crippen LogP contribution is 2.37. The van der Waals surface area contributed by atoms with Crippen LogP contribution in [0.5, 0.6) is 5.75 Å². The molecule has 0 bridgehead atoms. The number of aryl methyl sites for hydroxylation is 2. The summed E-state index contributed by atoms with van der Waals surface area (Å²) in [5.74, 6) is -0.973. The molecule has 8 nitrogen and oxygen atoms in total. The fourth-order valence-electron chi connectivity index (χ4n) is 2.68. The van der Waals surface area contributed by atoms with Crippen LogP contribution in [0, 0.1) is 6.92 Å². The third-order valence-electron chi connectivity index (χ3n) is 4.00. The van der Waals surface area contributed by atoms with Crippen LogP contribution in [0.25, 0.3) is 11.0 Å². The number of hydrogen-bond acceptors (Lipinski definition) is 5. The van der Waals surface area contributed by atoms with E-state index in [1.165, 1.54) is 16.9 Å². The Bertz CT molecular complexity index is 1080. The number of benzene rings is 1. The van der Waals surface area contributed by atoms with E-state index in [2.05, 4.69) is 15.4 Å². The zero-order valence-electron chi connectivity index (χ0n) is 14.7. The molecule has 0 aliphatic carbocycles. The number of amides is 3. The molecular weight excluding hydrogens is 379 g/mol. The van der Waals surface area contributed by atoms with Gasteiger partial charge < -0.3 is 10.4 Å². The second-order valence-electron chi connectivity index (χ2n) is 5.91. The van der Waals surface area contributed by atoms with Crippen LogP contribution in [-0.2, 0) is 18.0 Å². The SMILES string of the molecule is Cc1nn(C)c2ncc(N(C=O)C(=O)Nc3ccc(O)c(C(F)(F)F)c3)cc12. The number of phenols is 1. The minimum absolute atomic E-state index is 0.117. The summed E-state index contributed by atoms with van der Waals surface area (Å²) in [6.07, 6.45) is -3.31. The van der Waals surface area contributed by atoms with Crippen molar-refractivity contribution in [2.75, 3.05) is 10.2 Å². The second kappa shape index (κ2) is 6.83. The maximum Gasteiger partial charge on any atom is 0.420 e. The molecule has 0 spiro atoms. The van der Waals surface area contributed by atoms with E-state index in [1.807, 2.05) is 0 Å². The predicted molar refractivity (Wildman–Crippen MR) is 93.9 cm³/mol. The van der Waals surface area contributed by atoms with Gasteiger partial charge in [0.1, 0.15) is 5.75 Å². The molecule has 11 heteroatoms. The molecule has 2 N–H and O–H groups in total. The molecule has 0 fully saturated rings. The van der Waals surface area contributed by atoms with Gasteiger partial charge in [-0.3, -0.25) is 9.48 Å². The molecule has 28 heavy (non-hydrogen) atoms. The Labute approximate surface area is 156 Å². The standard InChI is InChI=1S/C17H14F3N5O3/c1-9-12-6-11(7-21-15(12)24(2)23-9)25(8-26)16(28)22-10-3-4-14(27)13(5-10)17(18,19)20/h3-8,27H,1-2H3,(H,22,28). The van der Waals surface area contributed by atoms with Gasteiger partial charge >= 0.3 is 12.2 Å². The van der Waals surface area contributed by atoms with Crippen LogP contribution in [0.1, 0.15) is 11.3 Å². The molecule has 0 saturated heterocycles. The van der Waals surface area contributed by atoms with Gasteiger partial charge in [0.25, 0.3) is 0 Å². The van der Waals surface area contributed by atoms with E-state index in [0.29, 0.717) is 27.7 Å². The van der Waals surface area contributed by atoms with Crippen LogP contribution in [-0.4, -0.2) is 32.3 Å². The number of pyridine rings is 1. The van der Waals surface area contributed by atoms with Crippen molar-refractivity contribution < 1.29 is 27.9 Å². The Morgan fingerprint density at radius 2 is 2.04 bits per heavy atom. The first-order chi connectivity index (χ1) is 13.1. The maximum atomic E-state index is 12.9. The molecule has 146 valence electrons. The van der Waals surface area contributed by atoms with Gasteiger partial charge in [-0.05, 0) is 31.2 Å². The number of nitrogens with one attached hydrogen (secondary N) is 1. The van der Waals surface area contributed by atoms with Crippen LogP contribution in [0.15, 0.2) is 30.5 Å². The number of phenolic OH excluding ortho intramolecular Hbond substituents is 1. The van der Waals surface area contributed by atoms with Crippen molar-refractivity contribution in [2.45, 2.75) is 13.1 Å². The van der Waals surface area contributed by atoms with Gasteiger partial charge in [0, 0.05) is 18.1 Å². The maximum absolute atomic E-state index is 12.9. The Hall–Kier alpha value is -3.63. The number of anilines is 2. The van der Waals surface area contributed by atoms with Gasteiger partial charge in [-0.1, -0.05) is 0 Å². The lowest BCUT2D eigenvalue weighted by molar-refractivity contribution is -0.138. The van der Waals surface area contributed by atoms with Crippen LogP contribution in [0.4, 0.5) is 29.3 Å².